The number of hydrogen-bond acceptors (Lipinski definition) is 5. The van der Waals surface area contributed by atoms with Gasteiger partial charge in [-0.25, -0.2) is 0 Å². The van der Waals surface area contributed by atoms with Crippen LogP contribution in [0.1, 0.15) is 24.2 Å². The largest absolute Gasteiger partial charge is 0.490 e. The number of methoxy groups -OCH3 is 1. The first-order chi connectivity index (χ1) is 9.40. The number of carbonyl (C=O) groups is 1. The highest BCUT2D eigenvalue weighted by Crippen LogP contribution is 2.27. The average molecular weight is 282 g/mol. The molecule has 0 saturated carbocycles. The molecular weight excluding hydrogens is 264 g/mol. The Balaban J connectivity index is 2.94. The number of nitrogens with zero attached hydrogens (tertiary/aromatic N) is 1. The van der Waals surface area contributed by atoms with Crippen LogP contribution in [0.3, 0.4) is 0 Å². The Hall–Kier alpha value is -2.15. The molecule has 0 radical (unpaired) electrons. The molecule has 20 heavy (non-hydrogen) atoms. The lowest BCUT2D eigenvalue weighted by molar-refractivity contribution is -0.385. The van der Waals surface area contributed by atoms with Gasteiger partial charge in [0.25, 0.3) is 5.91 Å². The number of nitro benzene ring substituents is 1. The molecule has 0 aliphatic carbocycles. The minimum Gasteiger partial charge on any atom is -0.490 e. The van der Waals surface area contributed by atoms with Crippen LogP contribution in [-0.4, -0.2) is 35.7 Å². The minimum atomic E-state index is -0.602. The molecular formula is C13H18N2O5. The van der Waals surface area contributed by atoms with E-state index >= 15 is 0 Å². The Kier molecular flexibility index (Phi) is 5.45. The maximum absolute atomic E-state index is 12.0. The standard InChI is InChI=1S/C13H18N2O5/c1-8(7-16)9(2)14-13(17)10-4-5-12(20-3)11(6-10)15(18)19/h4-6,8-9,16H,7H2,1-3H3,(H,14,17). The molecule has 0 fully saturated rings. The fourth-order valence-electron chi connectivity index (χ4n) is 1.56. The number of amides is 1. The van der Waals surface area contributed by atoms with Crippen molar-refractivity contribution in [3.05, 3.63) is 33.9 Å². The van der Waals surface area contributed by atoms with Gasteiger partial charge in [-0.15, -0.1) is 0 Å². The molecule has 7 nitrogen and oxygen atoms in total. The summed E-state index contributed by atoms with van der Waals surface area (Å²) >= 11 is 0. The Bertz CT molecular complexity index is 504. The van der Waals surface area contributed by atoms with Crippen LogP contribution in [0.25, 0.3) is 0 Å². The average Bonchev–Trinajstić information content (AvgIpc) is 2.45. The van der Waals surface area contributed by atoms with Crippen LogP contribution in [0.15, 0.2) is 18.2 Å². The second kappa shape index (κ2) is 6.85. The van der Waals surface area contributed by atoms with Gasteiger partial charge in [0.2, 0.25) is 0 Å². The summed E-state index contributed by atoms with van der Waals surface area (Å²) in [6.45, 7) is 3.50. The van der Waals surface area contributed by atoms with E-state index in [4.69, 9.17) is 9.84 Å². The topological polar surface area (TPSA) is 102 Å². The van der Waals surface area contributed by atoms with Gasteiger partial charge in [0.05, 0.1) is 12.0 Å². The fraction of sp³-hybridized carbons (Fsp3) is 0.462. The summed E-state index contributed by atoms with van der Waals surface area (Å²) in [4.78, 5) is 22.3. The Morgan fingerprint density at radius 2 is 2.15 bits per heavy atom. The highest BCUT2D eigenvalue weighted by Gasteiger charge is 2.20. The molecule has 1 rings (SSSR count). The lowest BCUT2D eigenvalue weighted by atomic mass is 10.0. The van der Waals surface area contributed by atoms with Gasteiger partial charge in [0.15, 0.2) is 5.75 Å². The van der Waals surface area contributed by atoms with E-state index in [1.807, 2.05) is 0 Å². The number of hydrogen-bond donors (Lipinski definition) is 2. The summed E-state index contributed by atoms with van der Waals surface area (Å²) in [7, 11) is 1.33. The first kappa shape index (κ1) is 15.9. The minimum absolute atomic E-state index is 0.0514. The molecule has 2 unspecified atom stereocenters. The highest BCUT2D eigenvalue weighted by molar-refractivity contribution is 5.95. The van der Waals surface area contributed by atoms with E-state index in [0.717, 1.165) is 0 Å². The summed E-state index contributed by atoms with van der Waals surface area (Å²) in [6.07, 6.45) is 0. The van der Waals surface area contributed by atoms with Crippen LogP contribution in [0, 0.1) is 16.0 Å². The zero-order valence-electron chi connectivity index (χ0n) is 11.6. The molecule has 7 heteroatoms. The summed E-state index contributed by atoms with van der Waals surface area (Å²) in [5.41, 5.74) is -0.0856. The first-order valence-electron chi connectivity index (χ1n) is 6.14. The van der Waals surface area contributed by atoms with E-state index in [0.29, 0.717) is 0 Å². The van der Waals surface area contributed by atoms with Crippen molar-refractivity contribution in [1.82, 2.24) is 5.32 Å². The molecule has 1 aromatic carbocycles. The van der Waals surface area contributed by atoms with E-state index < -0.39 is 10.8 Å². The molecule has 0 heterocycles. The number of nitrogens with one attached hydrogen (secondary N) is 1. The Morgan fingerprint density at radius 1 is 1.50 bits per heavy atom. The van der Waals surface area contributed by atoms with Gasteiger partial charge < -0.3 is 15.2 Å². The lowest BCUT2D eigenvalue weighted by Crippen LogP contribution is -2.38. The quantitative estimate of drug-likeness (QED) is 0.605. The summed E-state index contributed by atoms with van der Waals surface area (Å²) in [6, 6.07) is 3.77. The van der Waals surface area contributed by atoms with Crippen molar-refractivity contribution in [3.63, 3.8) is 0 Å². The van der Waals surface area contributed by atoms with E-state index in [1.54, 1.807) is 13.8 Å². The van der Waals surface area contributed by atoms with Crippen molar-refractivity contribution in [2.24, 2.45) is 5.92 Å². The van der Waals surface area contributed by atoms with Gasteiger partial charge in [0, 0.05) is 24.3 Å². The third kappa shape index (κ3) is 3.67. The van der Waals surface area contributed by atoms with Crippen LogP contribution in [-0.2, 0) is 0 Å². The molecule has 110 valence electrons. The molecule has 0 saturated heterocycles. The third-order valence-corrected chi connectivity index (χ3v) is 3.14. The summed E-state index contributed by atoms with van der Waals surface area (Å²) in [5, 5.41) is 22.6. The van der Waals surface area contributed by atoms with Gasteiger partial charge in [-0.3, -0.25) is 14.9 Å². The Morgan fingerprint density at radius 3 is 2.65 bits per heavy atom. The molecule has 1 aromatic rings. The van der Waals surface area contributed by atoms with Crippen molar-refractivity contribution < 1.29 is 19.6 Å². The maximum atomic E-state index is 12.0. The molecule has 0 bridgehead atoms. The second-order valence-electron chi connectivity index (χ2n) is 4.57. The predicted octanol–water partition coefficient (Wildman–Crippen LogP) is 1.35. The van der Waals surface area contributed by atoms with Crippen LogP contribution >= 0.6 is 0 Å². The number of rotatable bonds is 6. The zero-order chi connectivity index (χ0) is 15.3. The van der Waals surface area contributed by atoms with Crippen molar-refractivity contribution in [3.8, 4) is 5.75 Å². The maximum Gasteiger partial charge on any atom is 0.311 e. The number of aliphatic hydroxyl groups excluding tert-OH is 1. The van der Waals surface area contributed by atoms with Gasteiger partial charge in [-0.2, -0.15) is 0 Å². The van der Waals surface area contributed by atoms with Crippen molar-refractivity contribution in [2.75, 3.05) is 13.7 Å². The summed E-state index contributed by atoms with van der Waals surface area (Å²) < 4.78 is 4.87. The second-order valence-corrected chi connectivity index (χ2v) is 4.57. The van der Waals surface area contributed by atoms with Crippen molar-refractivity contribution in [1.29, 1.82) is 0 Å². The molecule has 0 aromatic heterocycles. The molecule has 2 N–H and O–H groups in total. The van der Waals surface area contributed by atoms with Crippen molar-refractivity contribution >= 4 is 11.6 Å². The number of carbonyl (C=O) groups excluding carboxylic acids is 1. The molecule has 0 aliphatic heterocycles. The SMILES string of the molecule is COc1ccc(C(=O)NC(C)C(C)CO)cc1[N+](=O)[O-]. The first-order valence-corrected chi connectivity index (χ1v) is 6.14. The summed E-state index contributed by atoms with van der Waals surface area (Å²) in [5.74, 6) is -0.431. The van der Waals surface area contributed by atoms with Gasteiger partial charge in [-0.1, -0.05) is 6.92 Å². The van der Waals surface area contributed by atoms with E-state index in [-0.39, 0.29) is 35.6 Å². The predicted molar refractivity (Wildman–Crippen MR) is 72.8 cm³/mol. The van der Waals surface area contributed by atoms with Gasteiger partial charge in [0.1, 0.15) is 0 Å². The molecule has 0 aliphatic rings. The van der Waals surface area contributed by atoms with Gasteiger partial charge in [-0.05, 0) is 25.0 Å². The van der Waals surface area contributed by atoms with Crippen LogP contribution in [0.5, 0.6) is 5.75 Å². The number of nitro groups is 1. The third-order valence-electron chi connectivity index (χ3n) is 3.14. The normalized spacial score (nSPS) is 13.4. The zero-order valence-corrected chi connectivity index (χ0v) is 11.6. The van der Waals surface area contributed by atoms with Crippen LogP contribution in [0.4, 0.5) is 5.69 Å². The van der Waals surface area contributed by atoms with Gasteiger partial charge >= 0.3 is 5.69 Å². The van der Waals surface area contributed by atoms with E-state index in [9.17, 15) is 14.9 Å². The Labute approximate surface area is 116 Å². The van der Waals surface area contributed by atoms with E-state index in [2.05, 4.69) is 5.32 Å². The number of benzene rings is 1. The lowest BCUT2D eigenvalue weighted by Gasteiger charge is -2.19. The smallest absolute Gasteiger partial charge is 0.311 e. The van der Waals surface area contributed by atoms with Crippen LogP contribution in [0.2, 0.25) is 0 Å². The molecule has 0 spiro atoms. The van der Waals surface area contributed by atoms with Crippen LogP contribution < -0.4 is 10.1 Å². The number of ether oxygens (including phenoxy) is 1. The highest BCUT2D eigenvalue weighted by atomic mass is 16.6. The molecule has 1 amide bonds. The fourth-order valence-corrected chi connectivity index (χ4v) is 1.56. The molecule has 2 atom stereocenters. The monoisotopic (exact) mass is 282 g/mol. The van der Waals surface area contributed by atoms with E-state index in [1.165, 1.54) is 25.3 Å². The number of aliphatic hydroxyl groups is 1. The van der Waals surface area contributed by atoms with Crippen molar-refractivity contribution in [2.45, 2.75) is 19.9 Å².